The number of piperidine rings is 1. The number of halogens is 1. The van der Waals surface area contributed by atoms with Crippen molar-refractivity contribution in [3.8, 4) is 0 Å². The Balaban J connectivity index is 0.00000420. The molecule has 0 unspecified atom stereocenters. The third-order valence-corrected chi connectivity index (χ3v) is 10.0. The Hall–Kier alpha value is -1.88. The summed E-state index contributed by atoms with van der Waals surface area (Å²) in [6.07, 6.45) is 8.80. The largest absolute Gasteiger partial charge is 0.390 e. The predicted molar refractivity (Wildman–Crippen MR) is 155 cm³/mol. The topological polar surface area (TPSA) is 110 Å². The molecule has 1 aromatic carbocycles. The van der Waals surface area contributed by atoms with Crippen LogP contribution in [-0.4, -0.2) is 85.3 Å². The first-order chi connectivity index (χ1) is 18.0. The minimum Gasteiger partial charge on any atom is -0.390 e. The zero-order valence-corrected chi connectivity index (χ0v) is 25.2. The van der Waals surface area contributed by atoms with Crippen LogP contribution in [0.2, 0.25) is 0 Å². The summed E-state index contributed by atoms with van der Waals surface area (Å²) in [4.78, 5) is 31.5. The van der Waals surface area contributed by atoms with Gasteiger partial charge >= 0.3 is 0 Å². The van der Waals surface area contributed by atoms with Gasteiger partial charge in [0.15, 0.2) is 0 Å². The Kier molecular flexibility index (Phi) is 10.3. The van der Waals surface area contributed by atoms with Crippen molar-refractivity contribution in [1.29, 1.82) is 0 Å². The minimum atomic E-state index is -3.31. The fourth-order valence-corrected chi connectivity index (χ4v) is 6.79. The molecule has 1 atom stereocenters. The Labute approximate surface area is 239 Å². The maximum atomic E-state index is 13.7. The van der Waals surface area contributed by atoms with Gasteiger partial charge in [-0.3, -0.25) is 18.8 Å². The molecule has 9 nitrogen and oxygen atoms in total. The molecule has 4 rings (SSSR count). The fraction of sp³-hybridized carbons (Fsp3) is 0.714. The van der Waals surface area contributed by atoms with Crippen LogP contribution >= 0.6 is 12.4 Å². The van der Waals surface area contributed by atoms with Crippen LogP contribution in [-0.2, 0) is 26.2 Å². The van der Waals surface area contributed by atoms with Crippen LogP contribution in [0.4, 0.5) is 5.69 Å². The molecule has 0 bridgehead atoms. The van der Waals surface area contributed by atoms with E-state index in [0.717, 1.165) is 37.7 Å². The lowest BCUT2D eigenvalue weighted by atomic mass is 9.77. The molecule has 1 aromatic rings. The van der Waals surface area contributed by atoms with Crippen molar-refractivity contribution >= 4 is 39.9 Å². The first-order valence-electron chi connectivity index (χ1n) is 14.1. The zero-order chi connectivity index (χ0) is 27.6. The molecule has 11 heteroatoms. The molecule has 1 spiro atoms. The summed E-state index contributed by atoms with van der Waals surface area (Å²) < 4.78 is 24.9. The number of likely N-dealkylation sites (tertiary alicyclic amines) is 1. The highest BCUT2D eigenvalue weighted by Gasteiger charge is 2.54. The zero-order valence-electron chi connectivity index (χ0n) is 23.5. The molecule has 0 aromatic heterocycles. The van der Waals surface area contributed by atoms with Gasteiger partial charge in [0, 0.05) is 39.6 Å². The molecule has 1 aliphatic carbocycles. The Morgan fingerprint density at radius 1 is 1.05 bits per heavy atom. The molecule has 3 fully saturated rings. The second kappa shape index (κ2) is 12.7. The summed E-state index contributed by atoms with van der Waals surface area (Å²) in [5.41, 5.74) is -0.0252. The monoisotopic (exact) mass is 584 g/mol. The molecule has 0 radical (unpaired) electrons. The number of anilines is 1. The lowest BCUT2D eigenvalue weighted by molar-refractivity contribution is -0.163. The van der Waals surface area contributed by atoms with E-state index in [1.165, 1.54) is 17.6 Å². The van der Waals surface area contributed by atoms with Crippen LogP contribution in [0.3, 0.4) is 0 Å². The van der Waals surface area contributed by atoms with E-state index in [1.807, 2.05) is 29.2 Å². The van der Waals surface area contributed by atoms with Gasteiger partial charge in [0.1, 0.15) is 11.6 Å². The Bertz CT molecular complexity index is 1100. The number of amides is 2. The number of sulfonamides is 1. The molecule has 2 N–H and O–H groups in total. The highest BCUT2D eigenvalue weighted by molar-refractivity contribution is 7.92. The van der Waals surface area contributed by atoms with Gasteiger partial charge in [0.2, 0.25) is 21.8 Å². The average Bonchev–Trinajstić information content (AvgIpc) is 2.88. The average molecular weight is 585 g/mol. The van der Waals surface area contributed by atoms with Gasteiger partial charge in [0.25, 0.3) is 0 Å². The van der Waals surface area contributed by atoms with E-state index in [9.17, 15) is 23.1 Å². The van der Waals surface area contributed by atoms with Crippen molar-refractivity contribution in [2.24, 2.45) is 0 Å². The molecular formula is C28H45ClN4O5S. The normalized spacial score (nSPS) is 23.3. The smallest absolute Gasteiger partial charge is 0.246 e. The van der Waals surface area contributed by atoms with Gasteiger partial charge < -0.3 is 15.3 Å². The highest BCUT2D eigenvalue weighted by Crippen LogP contribution is 2.37. The van der Waals surface area contributed by atoms with E-state index in [-0.39, 0.29) is 24.2 Å². The summed E-state index contributed by atoms with van der Waals surface area (Å²) in [6.45, 7) is 4.71. The SMILES string of the molecule is CCCCN1C(=O)[C@@H](CC2(O)CCCCC2)NC(=O)C12CCN(Cc1ccc(N(C)S(C)(=O)=O)cc1)CC2.Cl. The number of carbonyl (C=O) groups is 2. The molecule has 220 valence electrons. The number of nitrogens with one attached hydrogen (secondary N) is 1. The standard InChI is InChI=1S/C28H44N4O5S.ClH/c1-4-5-17-32-25(33)24(20-27(35)13-7-6-8-14-27)29-26(34)28(32)15-18-31(19-16-28)21-22-9-11-23(12-10-22)30(2)38(3,36)37;/h9-12,24,35H,4-8,13-21H2,1-3H3,(H,29,34);1H/t24-;/m1./s1. The Morgan fingerprint density at radius 2 is 1.67 bits per heavy atom. The fourth-order valence-electron chi connectivity index (χ4n) is 6.29. The van der Waals surface area contributed by atoms with Gasteiger partial charge in [-0.2, -0.15) is 0 Å². The highest BCUT2D eigenvalue weighted by atomic mass is 35.5. The van der Waals surface area contributed by atoms with Gasteiger partial charge in [-0.25, -0.2) is 8.42 Å². The van der Waals surface area contributed by atoms with Crippen LogP contribution in [0.15, 0.2) is 24.3 Å². The number of hydrogen-bond donors (Lipinski definition) is 2. The third kappa shape index (κ3) is 7.07. The molecular weight excluding hydrogens is 540 g/mol. The van der Waals surface area contributed by atoms with Crippen LogP contribution in [0.5, 0.6) is 0 Å². The lowest BCUT2D eigenvalue weighted by Crippen LogP contribution is -2.73. The second-order valence-electron chi connectivity index (χ2n) is 11.6. The van der Waals surface area contributed by atoms with Crippen molar-refractivity contribution in [3.63, 3.8) is 0 Å². The van der Waals surface area contributed by atoms with Gasteiger partial charge in [-0.1, -0.05) is 44.7 Å². The summed E-state index contributed by atoms with van der Waals surface area (Å²) in [7, 11) is -1.77. The number of benzene rings is 1. The second-order valence-corrected chi connectivity index (χ2v) is 13.6. The maximum absolute atomic E-state index is 13.7. The van der Waals surface area contributed by atoms with E-state index in [2.05, 4.69) is 17.1 Å². The summed E-state index contributed by atoms with van der Waals surface area (Å²) >= 11 is 0. The quantitative estimate of drug-likeness (QED) is 0.462. The maximum Gasteiger partial charge on any atom is 0.246 e. The lowest BCUT2D eigenvalue weighted by Gasteiger charge is -2.52. The van der Waals surface area contributed by atoms with Crippen molar-refractivity contribution in [2.75, 3.05) is 37.2 Å². The van der Waals surface area contributed by atoms with Gasteiger partial charge in [-0.15, -0.1) is 12.4 Å². The van der Waals surface area contributed by atoms with Crippen LogP contribution in [0.25, 0.3) is 0 Å². The number of rotatable bonds is 9. The van der Waals surface area contributed by atoms with E-state index >= 15 is 0 Å². The minimum absolute atomic E-state index is 0. The Morgan fingerprint density at radius 3 is 2.23 bits per heavy atom. The summed E-state index contributed by atoms with van der Waals surface area (Å²) in [5.74, 6) is -0.124. The van der Waals surface area contributed by atoms with Gasteiger partial charge in [0.05, 0.1) is 17.5 Å². The first kappa shape index (κ1) is 31.6. The first-order valence-corrected chi connectivity index (χ1v) is 15.9. The summed E-state index contributed by atoms with van der Waals surface area (Å²) in [5, 5.41) is 14.1. The van der Waals surface area contributed by atoms with Crippen molar-refractivity contribution in [3.05, 3.63) is 29.8 Å². The van der Waals surface area contributed by atoms with Gasteiger partial charge in [-0.05, 0) is 49.8 Å². The van der Waals surface area contributed by atoms with Crippen LogP contribution < -0.4 is 9.62 Å². The van der Waals surface area contributed by atoms with E-state index in [1.54, 1.807) is 0 Å². The molecule has 2 aliphatic heterocycles. The number of unbranched alkanes of at least 4 members (excludes halogenated alkanes) is 1. The van der Waals surface area contributed by atoms with E-state index < -0.39 is 27.2 Å². The number of hydrogen-bond acceptors (Lipinski definition) is 6. The third-order valence-electron chi connectivity index (χ3n) is 8.80. The number of piperazine rings is 1. The van der Waals surface area contributed by atoms with Crippen molar-refractivity contribution in [1.82, 2.24) is 15.1 Å². The molecule has 2 saturated heterocycles. The molecule has 2 amide bonds. The summed E-state index contributed by atoms with van der Waals surface area (Å²) in [6, 6.07) is 6.83. The molecule has 3 aliphatic rings. The van der Waals surface area contributed by atoms with Crippen LogP contribution in [0.1, 0.15) is 76.7 Å². The van der Waals surface area contributed by atoms with Crippen LogP contribution in [0, 0.1) is 0 Å². The molecule has 1 saturated carbocycles. The van der Waals surface area contributed by atoms with Crippen molar-refractivity contribution in [2.45, 2.75) is 94.9 Å². The number of aliphatic hydroxyl groups is 1. The molecule has 2 heterocycles. The predicted octanol–water partition coefficient (Wildman–Crippen LogP) is 3.05. The number of carbonyl (C=O) groups excluding carboxylic acids is 2. The number of nitrogens with zero attached hydrogens (tertiary/aromatic N) is 3. The molecule has 39 heavy (non-hydrogen) atoms. The van der Waals surface area contributed by atoms with Crippen molar-refractivity contribution < 1.29 is 23.1 Å². The van der Waals surface area contributed by atoms with E-state index in [4.69, 9.17) is 0 Å². The van der Waals surface area contributed by atoms with E-state index in [0.29, 0.717) is 64.0 Å².